The standard InChI is InChI=1S/C11H14ClN3O3/c12-10-5-9(15(17)18)6-11(13-10)14-4-2-1-3-8(14)7-16/h5-6,8,16H,1-4,7H2. The number of aromatic nitrogens is 1. The summed E-state index contributed by atoms with van der Waals surface area (Å²) < 4.78 is 0. The molecular weight excluding hydrogens is 258 g/mol. The Morgan fingerprint density at radius 3 is 3.00 bits per heavy atom. The maximum atomic E-state index is 10.8. The molecule has 98 valence electrons. The van der Waals surface area contributed by atoms with Crippen LogP contribution < -0.4 is 4.90 Å². The normalized spacial score (nSPS) is 19.9. The van der Waals surface area contributed by atoms with Gasteiger partial charge in [-0.2, -0.15) is 0 Å². The summed E-state index contributed by atoms with van der Waals surface area (Å²) in [5.74, 6) is 0.466. The van der Waals surface area contributed by atoms with Crippen LogP contribution in [0.2, 0.25) is 5.15 Å². The Kier molecular flexibility index (Phi) is 3.98. The van der Waals surface area contributed by atoms with Crippen molar-refractivity contribution < 1.29 is 10.0 Å². The molecule has 1 aromatic rings. The van der Waals surface area contributed by atoms with Crippen LogP contribution in [0.5, 0.6) is 0 Å². The van der Waals surface area contributed by atoms with Crippen molar-refractivity contribution in [2.75, 3.05) is 18.1 Å². The van der Waals surface area contributed by atoms with Gasteiger partial charge in [-0.25, -0.2) is 4.98 Å². The second-order valence-electron chi connectivity index (χ2n) is 4.29. The van der Waals surface area contributed by atoms with Crippen LogP contribution in [0.15, 0.2) is 12.1 Å². The highest BCUT2D eigenvalue weighted by Gasteiger charge is 2.24. The number of anilines is 1. The van der Waals surface area contributed by atoms with E-state index in [1.807, 2.05) is 4.90 Å². The minimum atomic E-state index is -0.491. The molecule has 2 rings (SSSR count). The smallest absolute Gasteiger partial charge is 0.276 e. The first-order chi connectivity index (χ1) is 8.61. The van der Waals surface area contributed by atoms with Crippen LogP contribution in [0.25, 0.3) is 0 Å². The summed E-state index contributed by atoms with van der Waals surface area (Å²) in [5.41, 5.74) is -0.0766. The molecule has 0 aliphatic carbocycles. The molecule has 1 atom stereocenters. The summed E-state index contributed by atoms with van der Waals surface area (Å²) in [4.78, 5) is 16.3. The maximum absolute atomic E-state index is 10.8. The first-order valence-electron chi connectivity index (χ1n) is 5.81. The van der Waals surface area contributed by atoms with E-state index in [0.717, 1.165) is 25.8 Å². The Bertz CT molecular complexity index is 455. The molecule has 7 heteroatoms. The van der Waals surface area contributed by atoms with Gasteiger partial charge in [0, 0.05) is 6.54 Å². The molecule has 0 spiro atoms. The van der Waals surface area contributed by atoms with Crippen LogP contribution in [-0.4, -0.2) is 34.2 Å². The third-order valence-electron chi connectivity index (χ3n) is 3.11. The predicted octanol–water partition coefficient (Wildman–Crippen LogP) is 1.99. The van der Waals surface area contributed by atoms with Gasteiger partial charge >= 0.3 is 0 Å². The molecule has 1 saturated heterocycles. The summed E-state index contributed by atoms with van der Waals surface area (Å²) in [6.07, 6.45) is 2.89. The lowest BCUT2D eigenvalue weighted by molar-refractivity contribution is -0.384. The Morgan fingerprint density at radius 2 is 2.33 bits per heavy atom. The zero-order valence-corrected chi connectivity index (χ0v) is 10.5. The van der Waals surface area contributed by atoms with Gasteiger partial charge < -0.3 is 10.0 Å². The van der Waals surface area contributed by atoms with E-state index in [4.69, 9.17) is 11.6 Å². The Morgan fingerprint density at radius 1 is 1.56 bits per heavy atom. The monoisotopic (exact) mass is 271 g/mol. The topological polar surface area (TPSA) is 79.5 Å². The van der Waals surface area contributed by atoms with Crippen LogP contribution in [0.3, 0.4) is 0 Å². The van der Waals surface area contributed by atoms with Crippen molar-refractivity contribution in [3.05, 3.63) is 27.4 Å². The number of nitro groups is 1. The highest BCUT2D eigenvalue weighted by Crippen LogP contribution is 2.28. The highest BCUT2D eigenvalue weighted by molar-refractivity contribution is 6.29. The molecule has 1 unspecified atom stereocenters. The van der Waals surface area contributed by atoms with Crippen LogP contribution >= 0.6 is 11.6 Å². The SMILES string of the molecule is O=[N+]([O-])c1cc(Cl)nc(N2CCCCC2CO)c1. The van der Waals surface area contributed by atoms with E-state index >= 15 is 0 Å². The van der Waals surface area contributed by atoms with Gasteiger partial charge in [-0.1, -0.05) is 11.6 Å². The van der Waals surface area contributed by atoms with Crippen LogP contribution in [0.1, 0.15) is 19.3 Å². The van der Waals surface area contributed by atoms with Crippen LogP contribution in [0.4, 0.5) is 11.5 Å². The molecule has 0 amide bonds. The fourth-order valence-corrected chi connectivity index (χ4v) is 2.41. The molecule has 1 N–H and O–H groups in total. The molecule has 0 radical (unpaired) electrons. The molecule has 1 fully saturated rings. The summed E-state index contributed by atoms with van der Waals surface area (Å²) in [5, 5.41) is 20.2. The molecule has 1 aromatic heterocycles. The van der Waals surface area contributed by atoms with E-state index < -0.39 is 4.92 Å². The minimum Gasteiger partial charge on any atom is -0.394 e. The Labute approximate surface area is 109 Å². The fraction of sp³-hybridized carbons (Fsp3) is 0.545. The maximum Gasteiger partial charge on any atom is 0.276 e. The third-order valence-corrected chi connectivity index (χ3v) is 3.30. The number of aliphatic hydroxyl groups excluding tert-OH is 1. The van der Waals surface area contributed by atoms with Crippen molar-refractivity contribution in [3.8, 4) is 0 Å². The minimum absolute atomic E-state index is 0.0159. The second kappa shape index (κ2) is 5.49. The highest BCUT2D eigenvalue weighted by atomic mass is 35.5. The molecule has 1 aliphatic heterocycles. The molecule has 18 heavy (non-hydrogen) atoms. The van der Waals surface area contributed by atoms with Crippen LogP contribution in [0, 0.1) is 10.1 Å². The van der Waals surface area contributed by atoms with Crippen LogP contribution in [-0.2, 0) is 0 Å². The number of aliphatic hydroxyl groups is 1. The van der Waals surface area contributed by atoms with Gasteiger partial charge in [0.1, 0.15) is 11.0 Å². The van der Waals surface area contributed by atoms with E-state index in [-0.39, 0.29) is 23.5 Å². The summed E-state index contributed by atoms with van der Waals surface area (Å²) in [6, 6.07) is 2.59. The first-order valence-corrected chi connectivity index (χ1v) is 6.19. The van der Waals surface area contributed by atoms with Crippen molar-refractivity contribution in [2.24, 2.45) is 0 Å². The second-order valence-corrected chi connectivity index (χ2v) is 4.68. The lowest BCUT2D eigenvalue weighted by Gasteiger charge is -2.35. The number of pyridine rings is 1. The van der Waals surface area contributed by atoms with Gasteiger partial charge in [0.15, 0.2) is 0 Å². The van der Waals surface area contributed by atoms with E-state index in [0.29, 0.717) is 5.82 Å². The van der Waals surface area contributed by atoms with E-state index in [1.54, 1.807) is 0 Å². The molecule has 0 bridgehead atoms. The van der Waals surface area contributed by atoms with Gasteiger partial charge in [-0.15, -0.1) is 0 Å². The van der Waals surface area contributed by atoms with Gasteiger partial charge in [-0.3, -0.25) is 10.1 Å². The zero-order chi connectivity index (χ0) is 13.1. The van der Waals surface area contributed by atoms with Gasteiger partial charge in [-0.05, 0) is 19.3 Å². The van der Waals surface area contributed by atoms with E-state index in [2.05, 4.69) is 4.98 Å². The number of rotatable bonds is 3. The van der Waals surface area contributed by atoms with Gasteiger partial charge in [0.25, 0.3) is 5.69 Å². The van der Waals surface area contributed by atoms with Crippen molar-refractivity contribution >= 4 is 23.1 Å². The molecule has 2 heterocycles. The Hall–Kier alpha value is -1.40. The zero-order valence-electron chi connectivity index (χ0n) is 9.75. The summed E-state index contributed by atoms with van der Waals surface area (Å²) in [6.45, 7) is 0.748. The number of nitrogens with zero attached hydrogens (tertiary/aromatic N) is 3. The van der Waals surface area contributed by atoms with Crippen molar-refractivity contribution in [2.45, 2.75) is 25.3 Å². The quantitative estimate of drug-likeness (QED) is 0.517. The van der Waals surface area contributed by atoms with E-state index in [9.17, 15) is 15.2 Å². The largest absolute Gasteiger partial charge is 0.394 e. The Balaban J connectivity index is 2.33. The number of halogens is 1. The number of piperidine rings is 1. The lowest BCUT2D eigenvalue weighted by Crippen LogP contribution is -2.42. The molecule has 6 nitrogen and oxygen atoms in total. The summed E-state index contributed by atoms with van der Waals surface area (Å²) >= 11 is 5.80. The number of hydrogen-bond acceptors (Lipinski definition) is 5. The van der Waals surface area contributed by atoms with E-state index in [1.165, 1.54) is 12.1 Å². The first kappa shape index (κ1) is 13.0. The average molecular weight is 272 g/mol. The molecule has 1 aliphatic rings. The average Bonchev–Trinajstić information content (AvgIpc) is 2.38. The third kappa shape index (κ3) is 2.70. The number of hydrogen-bond donors (Lipinski definition) is 1. The fourth-order valence-electron chi connectivity index (χ4n) is 2.21. The molecular formula is C11H14ClN3O3. The van der Waals surface area contributed by atoms with Gasteiger partial charge in [0.2, 0.25) is 0 Å². The van der Waals surface area contributed by atoms with Crippen molar-refractivity contribution in [1.29, 1.82) is 0 Å². The predicted molar refractivity (Wildman–Crippen MR) is 68.0 cm³/mol. The van der Waals surface area contributed by atoms with Crippen molar-refractivity contribution in [1.82, 2.24) is 4.98 Å². The van der Waals surface area contributed by atoms with Gasteiger partial charge in [0.05, 0.1) is 29.7 Å². The molecule has 0 saturated carbocycles. The lowest BCUT2D eigenvalue weighted by atomic mass is 10.0. The molecule has 0 aromatic carbocycles. The summed E-state index contributed by atoms with van der Waals surface area (Å²) in [7, 11) is 0. The van der Waals surface area contributed by atoms with Crippen molar-refractivity contribution in [3.63, 3.8) is 0 Å².